The molecular weight excluding hydrogens is 376 g/mol. The maximum atomic E-state index is 12.4. The number of anilines is 1. The Labute approximate surface area is 181 Å². The van der Waals surface area contributed by atoms with Crippen molar-refractivity contribution in [3.63, 3.8) is 0 Å². The molecule has 2 heterocycles. The SMILES string of the molecule is C[C@@H](CCNC(=O)CC1CCN(C(=O)Nc2ccccc2)CC1)N1CCCCCC1. The first-order valence-electron chi connectivity index (χ1n) is 11.7. The fourth-order valence-electron chi connectivity index (χ4n) is 4.54. The number of hydrogen-bond acceptors (Lipinski definition) is 3. The molecule has 2 N–H and O–H groups in total. The summed E-state index contributed by atoms with van der Waals surface area (Å²) in [5.74, 6) is 0.527. The van der Waals surface area contributed by atoms with Crippen LogP contribution in [0.4, 0.5) is 10.5 Å². The summed E-state index contributed by atoms with van der Waals surface area (Å²) in [7, 11) is 0. The zero-order valence-electron chi connectivity index (χ0n) is 18.4. The van der Waals surface area contributed by atoms with Crippen molar-refractivity contribution in [2.45, 2.75) is 64.3 Å². The number of urea groups is 1. The third-order valence-electron chi connectivity index (χ3n) is 6.55. The summed E-state index contributed by atoms with van der Waals surface area (Å²) in [4.78, 5) is 29.2. The lowest BCUT2D eigenvalue weighted by Gasteiger charge is -2.32. The highest BCUT2D eigenvalue weighted by Crippen LogP contribution is 2.21. The molecule has 2 fully saturated rings. The van der Waals surface area contributed by atoms with E-state index in [9.17, 15) is 9.59 Å². The molecule has 2 aliphatic rings. The molecule has 0 unspecified atom stereocenters. The molecule has 1 aromatic rings. The van der Waals surface area contributed by atoms with E-state index in [-0.39, 0.29) is 11.9 Å². The second-order valence-electron chi connectivity index (χ2n) is 8.87. The van der Waals surface area contributed by atoms with Gasteiger partial charge < -0.3 is 20.4 Å². The quantitative estimate of drug-likeness (QED) is 0.706. The molecule has 6 heteroatoms. The third-order valence-corrected chi connectivity index (χ3v) is 6.55. The van der Waals surface area contributed by atoms with Gasteiger partial charge in [0.15, 0.2) is 0 Å². The van der Waals surface area contributed by atoms with E-state index in [0.717, 1.165) is 31.5 Å². The van der Waals surface area contributed by atoms with Crippen LogP contribution >= 0.6 is 0 Å². The fourth-order valence-corrected chi connectivity index (χ4v) is 4.54. The number of nitrogens with zero attached hydrogens (tertiary/aromatic N) is 2. The van der Waals surface area contributed by atoms with Crippen LogP contribution in [0.3, 0.4) is 0 Å². The Morgan fingerprint density at radius 3 is 2.33 bits per heavy atom. The molecular formula is C24H38N4O2. The lowest BCUT2D eigenvalue weighted by Crippen LogP contribution is -2.42. The second kappa shape index (κ2) is 11.9. The molecule has 30 heavy (non-hydrogen) atoms. The van der Waals surface area contributed by atoms with Crippen molar-refractivity contribution in [1.82, 2.24) is 15.1 Å². The number of nitrogens with one attached hydrogen (secondary N) is 2. The van der Waals surface area contributed by atoms with E-state index in [1.807, 2.05) is 35.2 Å². The molecule has 0 spiro atoms. The van der Waals surface area contributed by atoms with Crippen LogP contribution in [0.1, 0.15) is 58.3 Å². The summed E-state index contributed by atoms with van der Waals surface area (Å²) < 4.78 is 0. The minimum absolute atomic E-state index is 0.0494. The largest absolute Gasteiger partial charge is 0.356 e. The Hall–Kier alpha value is -2.08. The van der Waals surface area contributed by atoms with Crippen LogP contribution in [0, 0.1) is 5.92 Å². The van der Waals surface area contributed by atoms with Gasteiger partial charge in [0, 0.05) is 37.8 Å². The number of likely N-dealkylation sites (tertiary alicyclic amines) is 2. The summed E-state index contributed by atoms with van der Waals surface area (Å²) >= 11 is 0. The van der Waals surface area contributed by atoms with Crippen LogP contribution < -0.4 is 10.6 Å². The monoisotopic (exact) mass is 414 g/mol. The van der Waals surface area contributed by atoms with Crippen molar-refractivity contribution in [2.24, 2.45) is 5.92 Å². The zero-order valence-corrected chi connectivity index (χ0v) is 18.4. The fraction of sp³-hybridized carbons (Fsp3) is 0.667. The number of rotatable bonds is 7. The van der Waals surface area contributed by atoms with Crippen LogP contribution in [0.25, 0.3) is 0 Å². The summed E-state index contributed by atoms with van der Waals surface area (Å²) in [6.45, 7) is 6.87. The molecule has 3 amide bonds. The number of benzene rings is 1. The van der Waals surface area contributed by atoms with Gasteiger partial charge in [-0.15, -0.1) is 0 Å². The molecule has 2 saturated heterocycles. The molecule has 1 aromatic carbocycles. The summed E-state index contributed by atoms with van der Waals surface area (Å²) in [5.41, 5.74) is 0.818. The first-order valence-corrected chi connectivity index (χ1v) is 11.7. The van der Waals surface area contributed by atoms with Gasteiger partial charge in [0.1, 0.15) is 0 Å². The topological polar surface area (TPSA) is 64.7 Å². The highest BCUT2D eigenvalue weighted by Gasteiger charge is 2.24. The average molecular weight is 415 g/mol. The van der Waals surface area contributed by atoms with E-state index < -0.39 is 0 Å². The lowest BCUT2D eigenvalue weighted by atomic mass is 9.93. The van der Waals surface area contributed by atoms with Crippen molar-refractivity contribution in [1.29, 1.82) is 0 Å². The third kappa shape index (κ3) is 7.31. The molecule has 1 atom stereocenters. The molecule has 166 valence electrons. The molecule has 0 aliphatic carbocycles. The Morgan fingerprint density at radius 1 is 1.00 bits per heavy atom. The van der Waals surface area contributed by atoms with Gasteiger partial charge >= 0.3 is 6.03 Å². The zero-order chi connectivity index (χ0) is 21.2. The van der Waals surface area contributed by atoms with Crippen LogP contribution in [-0.4, -0.2) is 60.5 Å². The minimum Gasteiger partial charge on any atom is -0.356 e. The number of carbonyl (C=O) groups excluding carboxylic acids is 2. The number of amides is 3. The van der Waals surface area contributed by atoms with Gasteiger partial charge in [-0.05, 0) is 70.2 Å². The average Bonchev–Trinajstić information content (AvgIpc) is 3.04. The van der Waals surface area contributed by atoms with E-state index in [1.54, 1.807) is 0 Å². The number of para-hydroxylation sites is 1. The first-order chi connectivity index (χ1) is 14.6. The molecule has 6 nitrogen and oxygen atoms in total. The van der Waals surface area contributed by atoms with E-state index >= 15 is 0 Å². The van der Waals surface area contributed by atoms with Gasteiger partial charge in [-0.3, -0.25) is 4.79 Å². The summed E-state index contributed by atoms with van der Waals surface area (Å²) in [6.07, 6.45) is 8.69. The smallest absolute Gasteiger partial charge is 0.321 e. The summed E-state index contributed by atoms with van der Waals surface area (Å²) in [5, 5.41) is 6.06. The standard InChI is InChI=1S/C24H38N4O2/c1-20(27-15-7-2-3-8-16-27)11-14-25-23(29)19-21-12-17-28(18-13-21)24(30)26-22-9-5-4-6-10-22/h4-6,9-10,20-21H,2-3,7-8,11-19H2,1H3,(H,25,29)(H,26,30)/t20-/m0/s1. The van der Waals surface area contributed by atoms with Crippen LogP contribution in [0.5, 0.6) is 0 Å². The van der Waals surface area contributed by atoms with Crippen LogP contribution in [0.2, 0.25) is 0 Å². The predicted octanol–water partition coefficient (Wildman–Crippen LogP) is 4.09. The van der Waals surface area contributed by atoms with Gasteiger partial charge in [0.25, 0.3) is 0 Å². The molecule has 2 aliphatic heterocycles. The molecule has 0 saturated carbocycles. The Bertz CT molecular complexity index is 650. The summed E-state index contributed by atoms with van der Waals surface area (Å²) in [6, 6.07) is 10.0. The van der Waals surface area contributed by atoms with Crippen molar-refractivity contribution in [3.8, 4) is 0 Å². The van der Waals surface area contributed by atoms with Gasteiger partial charge in [0.05, 0.1) is 0 Å². The van der Waals surface area contributed by atoms with Gasteiger partial charge in [-0.25, -0.2) is 4.79 Å². The Morgan fingerprint density at radius 2 is 1.67 bits per heavy atom. The number of piperidine rings is 1. The first kappa shape index (κ1) is 22.6. The normalized spacial score (nSPS) is 19.7. The van der Waals surface area contributed by atoms with E-state index in [1.165, 1.54) is 38.8 Å². The van der Waals surface area contributed by atoms with Crippen LogP contribution in [-0.2, 0) is 4.79 Å². The van der Waals surface area contributed by atoms with Crippen molar-refractivity contribution >= 4 is 17.6 Å². The number of carbonyl (C=O) groups is 2. The van der Waals surface area contributed by atoms with Crippen molar-refractivity contribution in [3.05, 3.63) is 30.3 Å². The van der Waals surface area contributed by atoms with Crippen molar-refractivity contribution in [2.75, 3.05) is 38.0 Å². The van der Waals surface area contributed by atoms with E-state index in [4.69, 9.17) is 0 Å². The highest BCUT2D eigenvalue weighted by molar-refractivity contribution is 5.89. The maximum Gasteiger partial charge on any atom is 0.321 e. The maximum absolute atomic E-state index is 12.4. The molecule has 0 aromatic heterocycles. The number of hydrogen-bond donors (Lipinski definition) is 2. The van der Waals surface area contributed by atoms with Gasteiger partial charge in [-0.1, -0.05) is 31.0 Å². The van der Waals surface area contributed by atoms with E-state index in [2.05, 4.69) is 22.5 Å². The Balaban J connectivity index is 1.29. The van der Waals surface area contributed by atoms with E-state index in [0.29, 0.717) is 31.5 Å². The molecule has 0 radical (unpaired) electrons. The Kier molecular flexibility index (Phi) is 9.00. The lowest BCUT2D eigenvalue weighted by molar-refractivity contribution is -0.122. The van der Waals surface area contributed by atoms with Gasteiger partial charge in [-0.2, -0.15) is 0 Å². The molecule has 3 rings (SSSR count). The minimum atomic E-state index is -0.0494. The highest BCUT2D eigenvalue weighted by atomic mass is 16.2. The predicted molar refractivity (Wildman–Crippen MR) is 122 cm³/mol. The van der Waals surface area contributed by atoms with Crippen LogP contribution in [0.15, 0.2) is 30.3 Å². The molecule has 0 bridgehead atoms. The van der Waals surface area contributed by atoms with Crippen molar-refractivity contribution < 1.29 is 9.59 Å². The second-order valence-corrected chi connectivity index (χ2v) is 8.87. The van der Waals surface area contributed by atoms with Gasteiger partial charge in [0.2, 0.25) is 5.91 Å².